The molecule has 3 rings (SSSR count). The van der Waals surface area contributed by atoms with Gasteiger partial charge in [0, 0.05) is 36.6 Å². The van der Waals surface area contributed by atoms with Crippen molar-refractivity contribution < 1.29 is 15.1 Å². The number of aliphatic hydroxyl groups excluding tert-OH is 2. The molecule has 2 aromatic rings. The first kappa shape index (κ1) is 13.4. The Morgan fingerprint density at radius 2 is 1.86 bits per heavy atom. The van der Waals surface area contributed by atoms with E-state index in [1.54, 1.807) is 0 Å². The molecule has 4 N–H and O–H groups in total. The van der Waals surface area contributed by atoms with E-state index in [4.69, 9.17) is 0 Å². The van der Waals surface area contributed by atoms with Crippen LogP contribution in [0.5, 0.6) is 0 Å². The Bertz CT molecular complexity index is 671. The number of aromatic nitrogens is 1. The minimum atomic E-state index is -1.22. The van der Waals surface area contributed by atoms with Crippen molar-refractivity contribution in [3.63, 3.8) is 0 Å². The highest BCUT2D eigenvalue weighted by Crippen LogP contribution is 2.35. The number of rotatable bonds is 3. The summed E-state index contributed by atoms with van der Waals surface area (Å²) in [6.45, 7) is 0.411. The highest BCUT2D eigenvalue weighted by atomic mass is 16.6. The van der Waals surface area contributed by atoms with Crippen LogP contribution in [0.3, 0.4) is 0 Å². The molecule has 2 unspecified atom stereocenters. The largest absolute Gasteiger partial charge is 0.369 e. The van der Waals surface area contributed by atoms with Gasteiger partial charge in [-0.05, 0) is 12.1 Å². The number of non-ortho nitro benzene ring substituents is 1. The van der Waals surface area contributed by atoms with Crippen molar-refractivity contribution in [2.24, 2.45) is 0 Å². The maximum atomic E-state index is 11.0. The third-order valence-corrected chi connectivity index (χ3v) is 3.33. The average molecular weight is 290 g/mol. The lowest BCUT2D eigenvalue weighted by Crippen LogP contribution is -2.43. The zero-order chi connectivity index (χ0) is 15.0. The minimum Gasteiger partial charge on any atom is -0.369 e. The Balaban J connectivity index is 2.06. The molecule has 110 valence electrons. The summed E-state index contributed by atoms with van der Waals surface area (Å²) in [7, 11) is 0. The van der Waals surface area contributed by atoms with Crippen LogP contribution in [0.25, 0.3) is 0 Å². The lowest BCUT2D eigenvalue weighted by molar-refractivity contribution is -0.384. The molecule has 0 saturated carbocycles. The quantitative estimate of drug-likeness (QED) is 0.494. The standard InChI is InChI=1S/C13H14N4O4/c18-12-13(19)15-11-8(7-16-3-1-2-4-16)5-9(17(20)21)6-10(11)14-12/h1-6,12-15,18-19H,7H2. The number of nitrogens with zero attached hydrogens (tertiary/aromatic N) is 2. The molecule has 1 aliphatic rings. The van der Waals surface area contributed by atoms with Crippen LogP contribution in [0.4, 0.5) is 17.1 Å². The van der Waals surface area contributed by atoms with Crippen molar-refractivity contribution in [3.05, 3.63) is 52.3 Å². The third-order valence-electron chi connectivity index (χ3n) is 3.33. The smallest absolute Gasteiger partial charge is 0.271 e. The fourth-order valence-corrected chi connectivity index (χ4v) is 2.34. The van der Waals surface area contributed by atoms with Crippen LogP contribution in [0.2, 0.25) is 0 Å². The third kappa shape index (κ3) is 2.54. The van der Waals surface area contributed by atoms with Gasteiger partial charge in [-0.1, -0.05) is 0 Å². The second kappa shape index (κ2) is 5.08. The topological polar surface area (TPSA) is 113 Å². The maximum Gasteiger partial charge on any atom is 0.271 e. The van der Waals surface area contributed by atoms with Gasteiger partial charge in [0.1, 0.15) is 0 Å². The first-order valence-electron chi connectivity index (χ1n) is 6.36. The van der Waals surface area contributed by atoms with Crippen molar-refractivity contribution in [3.8, 4) is 0 Å². The number of nitro benzene ring substituents is 1. The van der Waals surface area contributed by atoms with E-state index < -0.39 is 17.4 Å². The van der Waals surface area contributed by atoms with Crippen LogP contribution in [0.15, 0.2) is 36.7 Å². The second-order valence-corrected chi connectivity index (χ2v) is 4.82. The molecule has 21 heavy (non-hydrogen) atoms. The van der Waals surface area contributed by atoms with Gasteiger partial charge in [-0.3, -0.25) is 10.1 Å². The number of fused-ring (bicyclic) bond motifs is 1. The number of hydrogen-bond donors (Lipinski definition) is 4. The van der Waals surface area contributed by atoms with E-state index in [-0.39, 0.29) is 5.69 Å². The Labute approximate surface area is 119 Å². The van der Waals surface area contributed by atoms with Gasteiger partial charge in [0.05, 0.1) is 16.3 Å². The summed E-state index contributed by atoms with van der Waals surface area (Å²) in [5.74, 6) is 0. The van der Waals surface area contributed by atoms with Crippen molar-refractivity contribution in [1.82, 2.24) is 4.57 Å². The highest BCUT2D eigenvalue weighted by Gasteiger charge is 2.27. The second-order valence-electron chi connectivity index (χ2n) is 4.82. The molecule has 0 bridgehead atoms. The van der Waals surface area contributed by atoms with Gasteiger partial charge in [-0.2, -0.15) is 0 Å². The first-order valence-corrected chi connectivity index (χ1v) is 6.36. The van der Waals surface area contributed by atoms with E-state index in [1.165, 1.54) is 12.1 Å². The van der Waals surface area contributed by atoms with E-state index in [9.17, 15) is 20.3 Å². The number of benzene rings is 1. The molecule has 2 atom stereocenters. The average Bonchev–Trinajstić information content (AvgIpc) is 2.93. The molecular weight excluding hydrogens is 276 g/mol. The number of hydrogen-bond acceptors (Lipinski definition) is 6. The van der Waals surface area contributed by atoms with Gasteiger partial charge in [-0.25, -0.2) is 0 Å². The molecule has 1 aromatic carbocycles. The van der Waals surface area contributed by atoms with Crippen LogP contribution >= 0.6 is 0 Å². The van der Waals surface area contributed by atoms with Gasteiger partial charge in [-0.15, -0.1) is 0 Å². The monoisotopic (exact) mass is 290 g/mol. The predicted molar refractivity (Wildman–Crippen MR) is 75.9 cm³/mol. The summed E-state index contributed by atoms with van der Waals surface area (Å²) < 4.78 is 1.86. The number of nitrogens with one attached hydrogen (secondary N) is 2. The van der Waals surface area contributed by atoms with E-state index in [1.807, 2.05) is 29.1 Å². The zero-order valence-corrected chi connectivity index (χ0v) is 10.9. The van der Waals surface area contributed by atoms with E-state index in [0.717, 1.165) is 0 Å². The van der Waals surface area contributed by atoms with Gasteiger partial charge in [0.2, 0.25) is 0 Å². The molecule has 8 nitrogen and oxygen atoms in total. The summed E-state index contributed by atoms with van der Waals surface area (Å²) in [6, 6.07) is 6.50. The van der Waals surface area contributed by atoms with Gasteiger partial charge >= 0.3 is 0 Å². The Morgan fingerprint density at radius 1 is 1.19 bits per heavy atom. The summed E-state index contributed by atoms with van der Waals surface area (Å²) in [6.07, 6.45) is 1.28. The van der Waals surface area contributed by atoms with Crippen LogP contribution < -0.4 is 10.6 Å². The lowest BCUT2D eigenvalue weighted by atomic mass is 10.1. The maximum absolute atomic E-state index is 11.0. The highest BCUT2D eigenvalue weighted by molar-refractivity contribution is 5.78. The van der Waals surface area contributed by atoms with Crippen molar-refractivity contribution in [1.29, 1.82) is 0 Å². The fourth-order valence-electron chi connectivity index (χ4n) is 2.34. The fraction of sp³-hybridized carbons (Fsp3) is 0.231. The Hall–Kier alpha value is -2.58. The summed E-state index contributed by atoms with van der Waals surface area (Å²) >= 11 is 0. The van der Waals surface area contributed by atoms with Crippen LogP contribution in [0.1, 0.15) is 5.56 Å². The normalized spacial score (nSPS) is 20.3. The van der Waals surface area contributed by atoms with Crippen LogP contribution in [-0.2, 0) is 6.54 Å². The molecule has 1 aromatic heterocycles. The van der Waals surface area contributed by atoms with Crippen molar-refractivity contribution >= 4 is 17.1 Å². The van der Waals surface area contributed by atoms with E-state index >= 15 is 0 Å². The van der Waals surface area contributed by atoms with Crippen molar-refractivity contribution in [2.75, 3.05) is 10.6 Å². The van der Waals surface area contributed by atoms with Gasteiger partial charge in [0.25, 0.3) is 5.69 Å². The number of anilines is 2. The molecule has 1 aliphatic heterocycles. The molecule has 0 aliphatic carbocycles. The molecular formula is C13H14N4O4. The summed E-state index contributed by atoms with van der Waals surface area (Å²) in [5, 5.41) is 35.7. The Morgan fingerprint density at radius 3 is 2.52 bits per heavy atom. The minimum absolute atomic E-state index is 0.0752. The molecule has 2 heterocycles. The number of nitro groups is 1. The molecule has 0 fully saturated rings. The molecule has 0 spiro atoms. The summed E-state index contributed by atoms with van der Waals surface area (Å²) in [4.78, 5) is 10.5. The van der Waals surface area contributed by atoms with Crippen LogP contribution in [0, 0.1) is 10.1 Å². The predicted octanol–water partition coefficient (Wildman–Crippen LogP) is 0.919. The summed E-state index contributed by atoms with van der Waals surface area (Å²) in [5.41, 5.74) is 1.51. The van der Waals surface area contributed by atoms with E-state index in [0.29, 0.717) is 23.5 Å². The van der Waals surface area contributed by atoms with Crippen LogP contribution in [-0.4, -0.2) is 32.2 Å². The molecule has 0 amide bonds. The van der Waals surface area contributed by atoms with E-state index in [2.05, 4.69) is 10.6 Å². The molecule has 8 heteroatoms. The zero-order valence-electron chi connectivity index (χ0n) is 10.9. The lowest BCUT2D eigenvalue weighted by Gasteiger charge is -2.31. The Kier molecular flexibility index (Phi) is 3.24. The SMILES string of the molecule is O=[N+]([O-])c1cc(Cn2cccc2)c2c(c1)NC(O)C(O)N2. The van der Waals surface area contributed by atoms with Crippen molar-refractivity contribution in [2.45, 2.75) is 19.0 Å². The van der Waals surface area contributed by atoms with Gasteiger partial charge < -0.3 is 25.4 Å². The molecule has 0 radical (unpaired) electrons. The van der Waals surface area contributed by atoms with Gasteiger partial charge in [0.15, 0.2) is 12.5 Å². The first-order chi connectivity index (χ1) is 10.0. The molecule has 0 saturated heterocycles. The number of aliphatic hydroxyl groups is 2.